The van der Waals surface area contributed by atoms with Crippen molar-refractivity contribution in [3.8, 4) is 0 Å². The summed E-state index contributed by atoms with van der Waals surface area (Å²) in [5.74, 6) is 0. The molecule has 9 heteroatoms. The van der Waals surface area contributed by atoms with Gasteiger partial charge in [-0.05, 0) is 19.1 Å². The van der Waals surface area contributed by atoms with E-state index in [-0.39, 0.29) is 12.1 Å². The third-order valence-electron chi connectivity index (χ3n) is 3.97. The number of aliphatic hydroxyl groups excluding tert-OH is 1. The van der Waals surface area contributed by atoms with Gasteiger partial charge in [-0.2, -0.15) is 13.2 Å². The van der Waals surface area contributed by atoms with Crippen LogP contribution >= 0.6 is 0 Å². The minimum atomic E-state index is -4.49. The molecular formula is C15H15F3N4O2. The first-order valence-corrected chi connectivity index (χ1v) is 7.22. The number of aromatic nitrogens is 3. The van der Waals surface area contributed by atoms with Gasteiger partial charge in [0.1, 0.15) is 18.2 Å². The van der Waals surface area contributed by atoms with Crippen molar-refractivity contribution in [1.82, 2.24) is 19.9 Å². The second kappa shape index (κ2) is 5.67. The summed E-state index contributed by atoms with van der Waals surface area (Å²) in [6.45, 7) is 1.25. The largest absolute Gasteiger partial charge is 0.392 e. The molecule has 3 rings (SSSR count). The van der Waals surface area contributed by atoms with E-state index in [0.29, 0.717) is 11.3 Å². The molecule has 0 bridgehead atoms. The Morgan fingerprint density at radius 1 is 1.38 bits per heavy atom. The number of hydrogen-bond donors (Lipinski definition) is 2. The standard InChI is InChI=1S/C15H15F3N4O2/c1-14(7-15(16,17)18)21-12(23)11-3-2-9(13(24)22(11)14)6-10-4-5-19-8-20-10/h2-5,8,12,21,23H,6-7H2,1H3. The molecule has 24 heavy (non-hydrogen) atoms. The van der Waals surface area contributed by atoms with Crippen molar-refractivity contribution in [2.75, 3.05) is 0 Å². The molecule has 2 aromatic rings. The molecule has 2 N–H and O–H groups in total. The van der Waals surface area contributed by atoms with Crippen LogP contribution < -0.4 is 10.9 Å². The predicted octanol–water partition coefficient (Wildman–Crippen LogP) is 1.45. The number of aliphatic hydroxyl groups is 1. The molecule has 0 amide bonds. The molecule has 2 atom stereocenters. The number of nitrogens with zero attached hydrogens (tertiary/aromatic N) is 3. The van der Waals surface area contributed by atoms with Gasteiger partial charge in [-0.1, -0.05) is 6.07 Å². The van der Waals surface area contributed by atoms with Crippen LogP contribution in [0.15, 0.2) is 35.5 Å². The Morgan fingerprint density at radius 2 is 2.12 bits per heavy atom. The van der Waals surface area contributed by atoms with Crippen LogP contribution in [0.4, 0.5) is 13.2 Å². The second-order valence-corrected chi connectivity index (χ2v) is 5.91. The number of pyridine rings is 1. The predicted molar refractivity (Wildman–Crippen MR) is 78.0 cm³/mol. The van der Waals surface area contributed by atoms with Gasteiger partial charge in [0.2, 0.25) is 0 Å². The van der Waals surface area contributed by atoms with Gasteiger partial charge in [0, 0.05) is 23.9 Å². The maximum absolute atomic E-state index is 12.9. The molecule has 0 spiro atoms. The van der Waals surface area contributed by atoms with E-state index in [2.05, 4.69) is 15.3 Å². The Hall–Kier alpha value is -2.26. The molecule has 1 aliphatic heterocycles. The number of alkyl halides is 3. The summed E-state index contributed by atoms with van der Waals surface area (Å²) in [7, 11) is 0. The summed E-state index contributed by atoms with van der Waals surface area (Å²) in [6, 6.07) is 4.58. The summed E-state index contributed by atoms with van der Waals surface area (Å²) >= 11 is 0. The van der Waals surface area contributed by atoms with Crippen molar-refractivity contribution in [1.29, 1.82) is 0 Å². The first-order chi connectivity index (χ1) is 11.2. The number of nitrogens with one attached hydrogen (secondary N) is 1. The van der Waals surface area contributed by atoms with Crippen molar-refractivity contribution < 1.29 is 18.3 Å². The van der Waals surface area contributed by atoms with E-state index < -0.39 is 30.0 Å². The fourth-order valence-corrected chi connectivity index (χ4v) is 3.02. The van der Waals surface area contributed by atoms with Crippen LogP contribution in [0.5, 0.6) is 0 Å². The third-order valence-corrected chi connectivity index (χ3v) is 3.97. The van der Waals surface area contributed by atoms with Crippen LogP contribution in [-0.2, 0) is 12.1 Å². The van der Waals surface area contributed by atoms with Gasteiger partial charge in [-0.15, -0.1) is 0 Å². The average molecular weight is 340 g/mol. The lowest BCUT2D eigenvalue weighted by Gasteiger charge is -2.29. The summed E-state index contributed by atoms with van der Waals surface area (Å²) in [4.78, 5) is 20.5. The van der Waals surface area contributed by atoms with Crippen LogP contribution in [0.3, 0.4) is 0 Å². The molecular weight excluding hydrogens is 325 g/mol. The molecule has 2 unspecified atom stereocenters. The number of hydrogen-bond acceptors (Lipinski definition) is 5. The highest BCUT2D eigenvalue weighted by Crippen LogP contribution is 2.36. The summed E-state index contributed by atoms with van der Waals surface area (Å²) < 4.78 is 39.7. The Labute approximate surface area is 135 Å². The molecule has 0 aromatic carbocycles. The maximum atomic E-state index is 12.9. The van der Waals surface area contributed by atoms with E-state index in [4.69, 9.17) is 0 Å². The summed E-state index contributed by atoms with van der Waals surface area (Å²) in [5, 5.41) is 12.4. The molecule has 1 aliphatic rings. The first-order valence-electron chi connectivity index (χ1n) is 7.22. The van der Waals surface area contributed by atoms with E-state index >= 15 is 0 Å². The lowest BCUT2D eigenvalue weighted by atomic mass is 10.1. The maximum Gasteiger partial charge on any atom is 0.392 e. The van der Waals surface area contributed by atoms with Crippen LogP contribution in [0.2, 0.25) is 0 Å². The zero-order chi connectivity index (χ0) is 17.5. The lowest BCUT2D eigenvalue weighted by Crippen LogP contribution is -2.47. The Morgan fingerprint density at radius 3 is 2.75 bits per heavy atom. The van der Waals surface area contributed by atoms with E-state index in [1.54, 1.807) is 6.07 Å². The average Bonchev–Trinajstić information content (AvgIpc) is 2.72. The van der Waals surface area contributed by atoms with E-state index in [1.807, 2.05) is 0 Å². The van der Waals surface area contributed by atoms with Crippen LogP contribution in [-0.4, -0.2) is 25.8 Å². The van der Waals surface area contributed by atoms with Crippen LogP contribution in [0.25, 0.3) is 0 Å². The molecule has 0 aliphatic carbocycles. The van der Waals surface area contributed by atoms with Crippen molar-refractivity contribution in [3.63, 3.8) is 0 Å². The van der Waals surface area contributed by atoms with Gasteiger partial charge in [-0.25, -0.2) is 9.97 Å². The number of rotatable bonds is 3. The van der Waals surface area contributed by atoms with Crippen LogP contribution in [0, 0.1) is 0 Å². The van der Waals surface area contributed by atoms with E-state index in [0.717, 1.165) is 4.57 Å². The van der Waals surface area contributed by atoms with Gasteiger partial charge in [0.25, 0.3) is 5.56 Å². The summed E-state index contributed by atoms with van der Waals surface area (Å²) in [5.41, 5.74) is -1.35. The van der Waals surface area contributed by atoms with Crippen molar-refractivity contribution >= 4 is 0 Å². The fraction of sp³-hybridized carbons (Fsp3) is 0.400. The zero-order valence-electron chi connectivity index (χ0n) is 12.7. The molecule has 2 aromatic heterocycles. The third kappa shape index (κ3) is 3.04. The van der Waals surface area contributed by atoms with Gasteiger partial charge in [0.15, 0.2) is 0 Å². The minimum absolute atomic E-state index is 0.109. The lowest BCUT2D eigenvalue weighted by molar-refractivity contribution is -0.158. The topological polar surface area (TPSA) is 80.0 Å². The minimum Gasteiger partial charge on any atom is -0.373 e. The van der Waals surface area contributed by atoms with Gasteiger partial charge in [0.05, 0.1) is 12.1 Å². The highest BCUT2D eigenvalue weighted by atomic mass is 19.4. The van der Waals surface area contributed by atoms with Gasteiger partial charge in [-0.3, -0.25) is 14.7 Å². The SMILES string of the molecule is CC1(CC(F)(F)F)NC(O)c2ccc(Cc3ccncn3)c(=O)n21. The molecule has 0 saturated heterocycles. The zero-order valence-corrected chi connectivity index (χ0v) is 12.7. The number of fused-ring (bicyclic) bond motifs is 1. The Kier molecular flexibility index (Phi) is 3.92. The Bertz CT molecular complexity index is 807. The highest BCUT2D eigenvalue weighted by Gasteiger charge is 2.47. The number of halogens is 3. The highest BCUT2D eigenvalue weighted by molar-refractivity contribution is 5.26. The van der Waals surface area contributed by atoms with Crippen LogP contribution in [0.1, 0.15) is 36.5 Å². The molecule has 0 radical (unpaired) electrons. The summed E-state index contributed by atoms with van der Waals surface area (Å²) in [6.07, 6.45) is -4.09. The smallest absolute Gasteiger partial charge is 0.373 e. The van der Waals surface area contributed by atoms with Gasteiger partial charge >= 0.3 is 6.18 Å². The Balaban J connectivity index is 2.05. The molecule has 128 valence electrons. The second-order valence-electron chi connectivity index (χ2n) is 5.91. The van der Waals surface area contributed by atoms with Crippen molar-refractivity contribution in [3.05, 3.63) is 58.0 Å². The van der Waals surface area contributed by atoms with Crippen molar-refractivity contribution in [2.45, 2.75) is 37.8 Å². The molecule has 0 saturated carbocycles. The van der Waals surface area contributed by atoms with E-state index in [1.165, 1.54) is 31.6 Å². The molecule has 3 heterocycles. The molecule has 6 nitrogen and oxygen atoms in total. The fourth-order valence-electron chi connectivity index (χ4n) is 3.02. The monoisotopic (exact) mass is 340 g/mol. The van der Waals surface area contributed by atoms with E-state index in [9.17, 15) is 23.1 Å². The quantitative estimate of drug-likeness (QED) is 0.884. The van der Waals surface area contributed by atoms with Gasteiger partial charge < -0.3 is 5.11 Å². The molecule has 0 fully saturated rings. The normalized spacial score (nSPS) is 23.3. The van der Waals surface area contributed by atoms with Crippen molar-refractivity contribution in [2.24, 2.45) is 0 Å². The first kappa shape index (κ1) is 16.6.